The maximum absolute atomic E-state index is 12.6. The van der Waals surface area contributed by atoms with Gasteiger partial charge in [-0.1, -0.05) is 12.1 Å². The second kappa shape index (κ2) is 9.09. The Morgan fingerprint density at radius 1 is 1.10 bits per heavy atom. The van der Waals surface area contributed by atoms with Crippen molar-refractivity contribution in [1.82, 2.24) is 4.90 Å². The SMILES string of the molecule is COc1ccc(C(=O)CCCCN2CC[C@H]3c4cccc(O)c4CC[C@H]32)cc1OC. The van der Waals surface area contributed by atoms with Gasteiger partial charge in [0, 0.05) is 23.9 Å². The highest BCUT2D eigenvalue weighted by molar-refractivity contribution is 5.96. The summed E-state index contributed by atoms with van der Waals surface area (Å²) in [6, 6.07) is 11.9. The van der Waals surface area contributed by atoms with E-state index < -0.39 is 0 Å². The number of nitrogens with zero attached hydrogens (tertiary/aromatic N) is 1. The zero-order chi connectivity index (χ0) is 21.1. The summed E-state index contributed by atoms with van der Waals surface area (Å²) in [6.07, 6.45) is 5.69. The smallest absolute Gasteiger partial charge is 0.163 e. The second-order valence-electron chi connectivity index (χ2n) is 8.33. The van der Waals surface area contributed by atoms with E-state index in [1.807, 2.05) is 12.1 Å². The molecule has 160 valence electrons. The largest absolute Gasteiger partial charge is 0.508 e. The predicted octanol–water partition coefficient (Wildman–Crippen LogP) is 4.57. The van der Waals surface area contributed by atoms with Gasteiger partial charge in [-0.3, -0.25) is 9.69 Å². The monoisotopic (exact) mass is 409 g/mol. The predicted molar refractivity (Wildman–Crippen MR) is 117 cm³/mol. The van der Waals surface area contributed by atoms with Crippen LogP contribution in [0.5, 0.6) is 17.2 Å². The van der Waals surface area contributed by atoms with Crippen molar-refractivity contribution in [2.75, 3.05) is 27.3 Å². The zero-order valence-corrected chi connectivity index (χ0v) is 17.9. The van der Waals surface area contributed by atoms with Crippen LogP contribution in [0.25, 0.3) is 0 Å². The van der Waals surface area contributed by atoms with Crippen molar-refractivity contribution in [3.05, 3.63) is 53.1 Å². The average molecular weight is 410 g/mol. The first-order chi connectivity index (χ1) is 14.6. The summed E-state index contributed by atoms with van der Waals surface area (Å²) in [5.41, 5.74) is 3.18. The Morgan fingerprint density at radius 3 is 2.73 bits per heavy atom. The minimum atomic E-state index is 0.150. The summed E-state index contributed by atoms with van der Waals surface area (Å²) in [5, 5.41) is 10.2. The molecule has 1 N–H and O–H groups in total. The van der Waals surface area contributed by atoms with Gasteiger partial charge in [-0.25, -0.2) is 0 Å². The number of fused-ring (bicyclic) bond motifs is 3. The standard InChI is InChI=1S/C25H31NO4/c1-29-24-12-9-17(16-25(24)30-2)22(27)7-3-4-14-26-15-13-19-18-6-5-8-23(28)20(18)10-11-21(19)26/h5-6,8-9,12,16,19,21,28H,3-4,7,10-11,13-15H2,1-2H3/t19-,21+/m0/s1. The van der Waals surface area contributed by atoms with Crippen LogP contribution < -0.4 is 9.47 Å². The molecule has 0 amide bonds. The van der Waals surface area contributed by atoms with Gasteiger partial charge >= 0.3 is 0 Å². The first kappa shape index (κ1) is 20.7. The third-order valence-corrected chi connectivity index (χ3v) is 6.74. The van der Waals surface area contributed by atoms with Gasteiger partial charge in [-0.05, 0) is 80.6 Å². The van der Waals surface area contributed by atoms with Crippen LogP contribution in [0, 0.1) is 0 Å². The molecular weight excluding hydrogens is 378 g/mol. The molecule has 1 aliphatic heterocycles. The van der Waals surface area contributed by atoms with E-state index in [0.29, 0.717) is 41.2 Å². The van der Waals surface area contributed by atoms with Crippen molar-refractivity contribution >= 4 is 5.78 Å². The lowest BCUT2D eigenvalue weighted by Gasteiger charge is -2.33. The second-order valence-corrected chi connectivity index (χ2v) is 8.33. The van der Waals surface area contributed by atoms with Crippen molar-refractivity contribution in [2.24, 2.45) is 0 Å². The van der Waals surface area contributed by atoms with Gasteiger partial charge < -0.3 is 14.6 Å². The molecule has 2 aromatic rings. The molecule has 2 atom stereocenters. The number of hydrogen-bond acceptors (Lipinski definition) is 5. The molecule has 1 saturated heterocycles. The average Bonchev–Trinajstić information content (AvgIpc) is 3.19. The van der Waals surface area contributed by atoms with E-state index in [2.05, 4.69) is 11.0 Å². The van der Waals surface area contributed by atoms with E-state index in [1.165, 1.54) is 5.56 Å². The molecule has 0 unspecified atom stereocenters. The fourth-order valence-electron chi connectivity index (χ4n) is 5.20. The van der Waals surface area contributed by atoms with E-state index in [9.17, 15) is 9.90 Å². The first-order valence-corrected chi connectivity index (χ1v) is 10.9. The van der Waals surface area contributed by atoms with E-state index >= 15 is 0 Å². The maximum Gasteiger partial charge on any atom is 0.163 e. The summed E-state index contributed by atoms with van der Waals surface area (Å²) < 4.78 is 10.5. The molecule has 0 radical (unpaired) electrons. The number of ketones is 1. The van der Waals surface area contributed by atoms with Crippen molar-refractivity contribution < 1.29 is 19.4 Å². The number of unbranched alkanes of at least 4 members (excludes halogenated alkanes) is 1. The van der Waals surface area contributed by atoms with E-state index in [4.69, 9.17) is 9.47 Å². The molecule has 1 aliphatic carbocycles. The van der Waals surface area contributed by atoms with Crippen LogP contribution >= 0.6 is 0 Å². The molecule has 0 saturated carbocycles. The number of likely N-dealkylation sites (tertiary alicyclic amines) is 1. The maximum atomic E-state index is 12.6. The van der Waals surface area contributed by atoms with Crippen molar-refractivity contribution in [3.63, 3.8) is 0 Å². The molecule has 2 aliphatic rings. The van der Waals surface area contributed by atoms with E-state index in [-0.39, 0.29) is 5.78 Å². The molecule has 0 aromatic heterocycles. The molecule has 1 heterocycles. The van der Waals surface area contributed by atoms with Gasteiger partial charge in [-0.2, -0.15) is 0 Å². The van der Waals surface area contributed by atoms with Gasteiger partial charge in [0.25, 0.3) is 0 Å². The number of rotatable bonds is 8. The summed E-state index contributed by atoms with van der Waals surface area (Å²) in [5.74, 6) is 2.37. The van der Waals surface area contributed by atoms with E-state index in [0.717, 1.165) is 50.8 Å². The first-order valence-electron chi connectivity index (χ1n) is 10.9. The molecule has 5 heteroatoms. The van der Waals surface area contributed by atoms with Crippen LogP contribution in [0.1, 0.15) is 59.5 Å². The summed E-state index contributed by atoms with van der Waals surface area (Å²) >= 11 is 0. The number of ether oxygens (including phenoxy) is 2. The van der Waals surface area contributed by atoms with Crippen LogP contribution in [0.3, 0.4) is 0 Å². The fraction of sp³-hybridized carbons (Fsp3) is 0.480. The molecule has 30 heavy (non-hydrogen) atoms. The highest BCUT2D eigenvalue weighted by Gasteiger charge is 2.38. The van der Waals surface area contributed by atoms with Crippen LogP contribution in [-0.2, 0) is 6.42 Å². The Bertz CT molecular complexity index is 910. The van der Waals surface area contributed by atoms with Crippen LogP contribution in [0.15, 0.2) is 36.4 Å². The van der Waals surface area contributed by atoms with Gasteiger partial charge in [0.1, 0.15) is 5.75 Å². The summed E-state index contributed by atoms with van der Waals surface area (Å²) in [7, 11) is 3.18. The van der Waals surface area contributed by atoms with Crippen molar-refractivity contribution in [3.8, 4) is 17.2 Å². The van der Waals surface area contributed by atoms with E-state index in [1.54, 1.807) is 32.4 Å². The minimum Gasteiger partial charge on any atom is -0.508 e. The van der Waals surface area contributed by atoms with Crippen molar-refractivity contribution in [1.29, 1.82) is 0 Å². The number of benzene rings is 2. The van der Waals surface area contributed by atoms with Gasteiger partial charge in [0.15, 0.2) is 17.3 Å². The van der Waals surface area contributed by atoms with Gasteiger partial charge in [0.05, 0.1) is 14.2 Å². The summed E-state index contributed by atoms with van der Waals surface area (Å²) in [4.78, 5) is 15.2. The molecular formula is C25H31NO4. The normalized spacial score (nSPS) is 20.5. The lowest BCUT2D eigenvalue weighted by Crippen LogP contribution is -2.35. The lowest BCUT2D eigenvalue weighted by molar-refractivity contribution is 0.0977. The molecule has 5 nitrogen and oxygen atoms in total. The molecule has 0 bridgehead atoms. The Labute approximate surface area is 178 Å². The molecule has 1 fully saturated rings. The number of phenols is 1. The fourth-order valence-corrected chi connectivity index (χ4v) is 5.20. The van der Waals surface area contributed by atoms with Gasteiger partial charge in [0.2, 0.25) is 0 Å². The number of aromatic hydroxyl groups is 1. The highest BCUT2D eigenvalue weighted by atomic mass is 16.5. The Hall–Kier alpha value is -2.53. The van der Waals surface area contributed by atoms with Crippen LogP contribution in [-0.4, -0.2) is 49.1 Å². The Kier molecular flexibility index (Phi) is 6.28. The van der Waals surface area contributed by atoms with Crippen LogP contribution in [0.2, 0.25) is 0 Å². The number of phenolic OH excluding ortho intramolecular Hbond substituents is 1. The number of carbonyl (C=O) groups excluding carboxylic acids is 1. The quantitative estimate of drug-likeness (QED) is 0.511. The highest BCUT2D eigenvalue weighted by Crippen LogP contribution is 2.43. The Morgan fingerprint density at radius 2 is 1.93 bits per heavy atom. The number of carbonyl (C=O) groups is 1. The zero-order valence-electron chi connectivity index (χ0n) is 17.9. The van der Waals surface area contributed by atoms with Crippen molar-refractivity contribution in [2.45, 2.75) is 50.5 Å². The topological polar surface area (TPSA) is 59.0 Å². The molecule has 0 spiro atoms. The Balaban J connectivity index is 1.28. The minimum absolute atomic E-state index is 0.150. The van der Waals surface area contributed by atoms with Gasteiger partial charge in [-0.15, -0.1) is 0 Å². The third kappa shape index (κ3) is 4.04. The number of methoxy groups -OCH3 is 2. The summed E-state index contributed by atoms with van der Waals surface area (Å²) in [6.45, 7) is 2.14. The molecule has 4 rings (SSSR count). The molecule has 2 aromatic carbocycles. The number of Topliss-reactive ketones (excluding diaryl/α,β-unsaturated/α-hetero) is 1. The number of hydrogen-bond donors (Lipinski definition) is 1. The third-order valence-electron chi connectivity index (χ3n) is 6.74. The van der Waals surface area contributed by atoms with Crippen LogP contribution in [0.4, 0.5) is 0 Å². The lowest BCUT2D eigenvalue weighted by atomic mass is 9.79.